The summed E-state index contributed by atoms with van der Waals surface area (Å²) in [6.07, 6.45) is 0. The molecule has 0 radical (unpaired) electrons. The van der Waals surface area contributed by atoms with Crippen molar-refractivity contribution in [3.8, 4) is 0 Å². The first-order valence-corrected chi connectivity index (χ1v) is 2.70. The van der Waals surface area contributed by atoms with E-state index in [2.05, 4.69) is 24.1 Å². The van der Waals surface area contributed by atoms with Crippen molar-refractivity contribution in [3.05, 3.63) is 0 Å². The zero-order valence-corrected chi connectivity index (χ0v) is 5.23. The van der Waals surface area contributed by atoms with Gasteiger partial charge in [-0.15, -0.1) is 0 Å². The van der Waals surface area contributed by atoms with Crippen LogP contribution in [0.25, 0.3) is 0 Å². The third-order valence-corrected chi connectivity index (χ3v) is 1.11. The molecule has 1 fully saturated rings. The van der Waals surface area contributed by atoms with Crippen LogP contribution in [0.5, 0.6) is 0 Å². The van der Waals surface area contributed by atoms with Crippen molar-refractivity contribution in [2.24, 2.45) is 0 Å². The molecule has 0 saturated carbocycles. The van der Waals surface area contributed by atoms with Crippen molar-refractivity contribution in [2.75, 3.05) is 13.3 Å². The molecule has 1 aliphatic rings. The van der Waals surface area contributed by atoms with Gasteiger partial charge in [-0.05, 0) is 13.8 Å². The van der Waals surface area contributed by atoms with Crippen LogP contribution < -0.4 is 5.32 Å². The van der Waals surface area contributed by atoms with E-state index in [9.17, 15) is 0 Å². The molecule has 48 valence electrons. The first kappa shape index (κ1) is 6.01. The van der Waals surface area contributed by atoms with Crippen molar-refractivity contribution in [1.82, 2.24) is 5.32 Å². The molecule has 1 saturated heterocycles. The van der Waals surface area contributed by atoms with E-state index in [1.165, 1.54) is 0 Å². The van der Waals surface area contributed by atoms with Crippen LogP contribution in [-0.4, -0.2) is 18.9 Å². The molecule has 0 atom stereocenters. The zero-order valence-electron chi connectivity index (χ0n) is 5.23. The molecule has 1 heterocycles. The fraction of sp³-hybridized carbons (Fsp3) is 1.00. The fourth-order valence-electron chi connectivity index (χ4n) is 0.507. The summed E-state index contributed by atoms with van der Waals surface area (Å²) in [5.41, 5.74) is 0.0816. The van der Waals surface area contributed by atoms with Crippen LogP contribution in [0, 0.1) is 0 Å². The normalized spacial score (nSPS) is 27.8. The van der Waals surface area contributed by atoms with Gasteiger partial charge in [-0.1, -0.05) is 0 Å². The molecule has 1 N–H and O–H groups in total. The number of rotatable bonds is 0. The predicted octanol–water partition coefficient (Wildman–Crippen LogP) is 0.274. The van der Waals surface area contributed by atoms with Crippen LogP contribution in [-0.2, 0) is 9.78 Å². The second kappa shape index (κ2) is 2.01. The predicted molar refractivity (Wildman–Crippen MR) is 29.1 cm³/mol. The molecule has 1 aliphatic heterocycles. The molecule has 1 rings (SSSR count). The van der Waals surface area contributed by atoms with Crippen LogP contribution >= 0.6 is 0 Å². The highest BCUT2D eigenvalue weighted by Crippen LogP contribution is 2.05. The molecule has 0 aromatic carbocycles. The van der Waals surface area contributed by atoms with Gasteiger partial charge in [0.25, 0.3) is 0 Å². The standard InChI is InChI=1S/C5H11NO2/c1-5(2)3-7-8-4-6-5/h6H,3-4H2,1-2H3. The van der Waals surface area contributed by atoms with Gasteiger partial charge in [-0.25, -0.2) is 9.78 Å². The Morgan fingerprint density at radius 2 is 2.12 bits per heavy atom. The maximum atomic E-state index is 4.72. The molecule has 0 spiro atoms. The van der Waals surface area contributed by atoms with Crippen molar-refractivity contribution in [1.29, 1.82) is 0 Å². The molecular formula is C5H11NO2. The first-order chi connectivity index (χ1) is 3.71. The summed E-state index contributed by atoms with van der Waals surface area (Å²) in [7, 11) is 0. The fourth-order valence-corrected chi connectivity index (χ4v) is 0.507. The van der Waals surface area contributed by atoms with Gasteiger partial charge < -0.3 is 0 Å². The average Bonchev–Trinajstić information content (AvgIpc) is 1.65. The van der Waals surface area contributed by atoms with Gasteiger partial charge in [0, 0.05) is 5.54 Å². The second-order valence-electron chi connectivity index (χ2n) is 2.59. The molecule has 0 unspecified atom stereocenters. The van der Waals surface area contributed by atoms with Gasteiger partial charge in [-0.3, -0.25) is 5.32 Å². The smallest absolute Gasteiger partial charge is 0.133 e. The second-order valence-corrected chi connectivity index (χ2v) is 2.59. The maximum Gasteiger partial charge on any atom is 0.133 e. The molecule has 0 bridgehead atoms. The Balaban J connectivity index is 2.33. The van der Waals surface area contributed by atoms with E-state index in [0.717, 1.165) is 0 Å². The summed E-state index contributed by atoms with van der Waals surface area (Å²) in [6.45, 7) is 5.24. The minimum atomic E-state index is 0.0816. The quantitative estimate of drug-likeness (QED) is 0.462. The van der Waals surface area contributed by atoms with Crippen molar-refractivity contribution >= 4 is 0 Å². The minimum absolute atomic E-state index is 0.0816. The first-order valence-electron chi connectivity index (χ1n) is 2.70. The van der Waals surface area contributed by atoms with Crippen molar-refractivity contribution in [3.63, 3.8) is 0 Å². The summed E-state index contributed by atoms with van der Waals surface area (Å²) >= 11 is 0. The number of hydrogen-bond acceptors (Lipinski definition) is 3. The van der Waals surface area contributed by atoms with E-state index in [0.29, 0.717) is 13.3 Å². The highest BCUT2D eigenvalue weighted by molar-refractivity contribution is 4.75. The Bertz CT molecular complexity index is 74.5. The van der Waals surface area contributed by atoms with E-state index < -0.39 is 0 Å². The van der Waals surface area contributed by atoms with Crippen molar-refractivity contribution < 1.29 is 9.78 Å². The monoisotopic (exact) mass is 117 g/mol. The summed E-state index contributed by atoms with van der Waals surface area (Å²) in [4.78, 5) is 9.32. The lowest BCUT2D eigenvalue weighted by atomic mass is 10.1. The van der Waals surface area contributed by atoms with Crippen LogP contribution in [0.4, 0.5) is 0 Å². The van der Waals surface area contributed by atoms with Crippen LogP contribution in [0.3, 0.4) is 0 Å². The van der Waals surface area contributed by atoms with Gasteiger partial charge in [-0.2, -0.15) is 0 Å². The SMILES string of the molecule is CC1(C)COOCN1. The molecule has 3 nitrogen and oxygen atoms in total. The zero-order chi connectivity index (χ0) is 6.04. The van der Waals surface area contributed by atoms with Gasteiger partial charge in [0.1, 0.15) is 6.73 Å². The van der Waals surface area contributed by atoms with Crippen LogP contribution in [0.1, 0.15) is 13.8 Å². The molecule has 0 aromatic rings. The third kappa shape index (κ3) is 1.43. The van der Waals surface area contributed by atoms with E-state index in [1.807, 2.05) is 0 Å². The summed E-state index contributed by atoms with van der Waals surface area (Å²) in [5, 5.41) is 3.11. The van der Waals surface area contributed by atoms with Crippen molar-refractivity contribution in [2.45, 2.75) is 19.4 Å². The summed E-state index contributed by atoms with van der Waals surface area (Å²) < 4.78 is 0. The molecule has 0 amide bonds. The van der Waals surface area contributed by atoms with Crippen LogP contribution in [0.15, 0.2) is 0 Å². The highest BCUT2D eigenvalue weighted by atomic mass is 17.2. The Morgan fingerprint density at radius 3 is 2.38 bits per heavy atom. The highest BCUT2D eigenvalue weighted by Gasteiger charge is 2.21. The molecule has 8 heavy (non-hydrogen) atoms. The Kier molecular flexibility index (Phi) is 1.51. The van der Waals surface area contributed by atoms with E-state index in [-0.39, 0.29) is 5.54 Å². The Hall–Kier alpha value is -0.120. The summed E-state index contributed by atoms with van der Waals surface area (Å²) in [5.74, 6) is 0. The van der Waals surface area contributed by atoms with E-state index in [4.69, 9.17) is 4.89 Å². The van der Waals surface area contributed by atoms with Gasteiger partial charge in [0.05, 0.1) is 6.61 Å². The minimum Gasteiger partial charge on any atom is -0.285 e. The topological polar surface area (TPSA) is 30.5 Å². The van der Waals surface area contributed by atoms with Gasteiger partial charge in [0.15, 0.2) is 0 Å². The average molecular weight is 117 g/mol. The Morgan fingerprint density at radius 1 is 1.38 bits per heavy atom. The summed E-state index contributed by atoms with van der Waals surface area (Å²) in [6, 6.07) is 0. The third-order valence-electron chi connectivity index (χ3n) is 1.11. The Labute approximate surface area is 48.9 Å². The number of hydrogen-bond donors (Lipinski definition) is 1. The lowest BCUT2D eigenvalue weighted by Crippen LogP contribution is -2.48. The van der Waals surface area contributed by atoms with E-state index in [1.54, 1.807) is 0 Å². The largest absolute Gasteiger partial charge is 0.285 e. The lowest BCUT2D eigenvalue weighted by Gasteiger charge is -2.29. The number of nitrogens with one attached hydrogen (secondary N) is 1. The molecule has 0 aliphatic carbocycles. The maximum absolute atomic E-state index is 4.72. The molecule has 3 heteroatoms. The molecule has 0 aromatic heterocycles. The van der Waals surface area contributed by atoms with Gasteiger partial charge in [0.2, 0.25) is 0 Å². The molecular weight excluding hydrogens is 106 g/mol. The lowest BCUT2D eigenvalue weighted by molar-refractivity contribution is -0.333. The van der Waals surface area contributed by atoms with E-state index >= 15 is 0 Å². The van der Waals surface area contributed by atoms with Gasteiger partial charge >= 0.3 is 0 Å². The van der Waals surface area contributed by atoms with Crippen LogP contribution in [0.2, 0.25) is 0 Å².